The molecule has 0 fully saturated rings. The molecule has 2 heterocycles. The van der Waals surface area contributed by atoms with Gasteiger partial charge in [0, 0.05) is 5.39 Å². The van der Waals surface area contributed by atoms with Crippen LogP contribution in [0.2, 0.25) is 0 Å². The molecule has 0 radical (unpaired) electrons. The topological polar surface area (TPSA) is 78.8 Å². The Morgan fingerprint density at radius 3 is 3.00 bits per heavy atom. The van der Waals surface area contributed by atoms with Gasteiger partial charge in [0.15, 0.2) is 5.65 Å². The van der Waals surface area contributed by atoms with E-state index >= 15 is 0 Å². The molecule has 2 aromatic heterocycles. The van der Waals surface area contributed by atoms with Crippen LogP contribution in [0.25, 0.3) is 22.1 Å². The van der Waals surface area contributed by atoms with Crippen molar-refractivity contribution in [2.75, 3.05) is 5.43 Å². The molecule has 2 N–H and O–H groups in total. The van der Waals surface area contributed by atoms with Crippen LogP contribution in [0.15, 0.2) is 47.1 Å². The van der Waals surface area contributed by atoms with Crippen LogP contribution in [0, 0.1) is 6.92 Å². The number of allylic oxidation sites excluding steroid dienone is 4. The van der Waals surface area contributed by atoms with E-state index in [1.54, 1.807) is 6.21 Å². The average molecular weight is 306 g/mol. The molecule has 0 unspecified atom stereocenters. The Morgan fingerprint density at radius 2 is 2.17 bits per heavy atom. The summed E-state index contributed by atoms with van der Waals surface area (Å²) in [5.74, 6) is 0.358. The number of hydrazone groups is 1. The van der Waals surface area contributed by atoms with E-state index in [4.69, 9.17) is 0 Å². The zero-order chi connectivity index (χ0) is 16.2. The van der Waals surface area contributed by atoms with Crippen molar-refractivity contribution in [3.8, 4) is 0 Å². The first-order valence-corrected chi connectivity index (χ1v) is 7.39. The Hall–Kier alpha value is -3.02. The van der Waals surface area contributed by atoms with Crippen molar-refractivity contribution in [3.05, 3.63) is 47.6 Å². The summed E-state index contributed by atoms with van der Waals surface area (Å²) in [5, 5.41) is 13.5. The number of H-pyrrole nitrogens is 1. The van der Waals surface area contributed by atoms with E-state index in [-0.39, 0.29) is 0 Å². The lowest BCUT2D eigenvalue weighted by molar-refractivity contribution is 1.01. The molecule has 1 aromatic carbocycles. The highest BCUT2D eigenvalue weighted by Gasteiger charge is 2.09. The summed E-state index contributed by atoms with van der Waals surface area (Å²) in [6.45, 7) is 5.98. The van der Waals surface area contributed by atoms with Gasteiger partial charge in [-0.15, -0.1) is 10.2 Å². The average Bonchev–Trinajstić information content (AvgIpc) is 2.92. The molecule has 116 valence electrons. The number of nitrogens with zero attached hydrogens (tertiary/aromatic N) is 4. The van der Waals surface area contributed by atoms with Gasteiger partial charge in [0.05, 0.1) is 11.7 Å². The van der Waals surface area contributed by atoms with E-state index in [1.165, 1.54) is 0 Å². The highest BCUT2D eigenvalue weighted by atomic mass is 15.4. The molecule has 0 saturated carbocycles. The quantitative estimate of drug-likeness (QED) is 0.437. The molecule has 0 atom stereocenters. The van der Waals surface area contributed by atoms with E-state index < -0.39 is 0 Å². The van der Waals surface area contributed by atoms with Crippen LogP contribution in [0.4, 0.5) is 5.95 Å². The standard InChI is InChI=1S/C17H18N6/c1-4-5-7-11(2)10-18-22-17-20-16-15(21-23-17)13-9-6-8-12(3)14(13)19-16/h4-10H,1-3H3,(H2,19,20,22,23)/b5-4-,11-7+,18-10+. The van der Waals surface area contributed by atoms with Crippen LogP contribution in [-0.4, -0.2) is 26.4 Å². The van der Waals surface area contributed by atoms with Crippen LogP contribution in [0.1, 0.15) is 19.4 Å². The first kappa shape index (κ1) is 14.9. The summed E-state index contributed by atoms with van der Waals surface area (Å²) in [7, 11) is 0. The van der Waals surface area contributed by atoms with Crippen LogP contribution < -0.4 is 5.43 Å². The second-order valence-electron chi connectivity index (χ2n) is 5.26. The fourth-order valence-corrected chi connectivity index (χ4v) is 2.27. The number of aromatic nitrogens is 4. The molecule has 3 aromatic rings. The molecule has 6 nitrogen and oxygen atoms in total. The second kappa shape index (κ2) is 6.39. The zero-order valence-corrected chi connectivity index (χ0v) is 13.3. The third-order valence-electron chi connectivity index (χ3n) is 3.44. The summed E-state index contributed by atoms with van der Waals surface area (Å²) < 4.78 is 0. The zero-order valence-electron chi connectivity index (χ0n) is 13.3. The van der Waals surface area contributed by atoms with Gasteiger partial charge in [0.25, 0.3) is 5.95 Å². The fraction of sp³-hybridized carbons (Fsp3) is 0.176. The number of hydrogen-bond acceptors (Lipinski definition) is 5. The summed E-state index contributed by atoms with van der Waals surface area (Å²) in [5.41, 5.74) is 7.48. The van der Waals surface area contributed by atoms with Crippen molar-refractivity contribution in [1.82, 2.24) is 20.2 Å². The molecule has 0 saturated heterocycles. The molecule has 0 bridgehead atoms. The maximum Gasteiger partial charge on any atom is 0.265 e. The van der Waals surface area contributed by atoms with Gasteiger partial charge in [-0.2, -0.15) is 10.1 Å². The molecule has 6 heteroatoms. The lowest BCUT2D eigenvalue weighted by atomic mass is 10.1. The Kier molecular flexibility index (Phi) is 4.14. The van der Waals surface area contributed by atoms with Crippen LogP contribution in [0.3, 0.4) is 0 Å². The van der Waals surface area contributed by atoms with Crippen LogP contribution in [-0.2, 0) is 0 Å². The van der Waals surface area contributed by atoms with E-state index in [9.17, 15) is 0 Å². The van der Waals surface area contributed by atoms with Gasteiger partial charge in [-0.05, 0) is 31.9 Å². The fourth-order valence-electron chi connectivity index (χ4n) is 2.27. The van der Waals surface area contributed by atoms with Gasteiger partial charge in [0.1, 0.15) is 5.52 Å². The Morgan fingerprint density at radius 1 is 1.30 bits per heavy atom. The first-order valence-electron chi connectivity index (χ1n) is 7.39. The third-order valence-corrected chi connectivity index (χ3v) is 3.44. The monoisotopic (exact) mass is 306 g/mol. The SMILES string of the molecule is C\C=C/C=C(C)/C=N/Nc1nnc2c(n1)[nH]c1c(C)cccc12. The van der Waals surface area contributed by atoms with E-state index in [0.29, 0.717) is 11.6 Å². The number of fused-ring (bicyclic) bond motifs is 3. The van der Waals surface area contributed by atoms with Gasteiger partial charge in [-0.25, -0.2) is 5.43 Å². The van der Waals surface area contributed by atoms with Crippen molar-refractivity contribution in [2.45, 2.75) is 20.8 Å². The number of aryl methyl sites for hydroxylation is 1. The largest absolute Gasteiger partial charge is 0.337 e. The lowest BCUT2D eigenvalue weighted by Gasteiger charge is -1.97. The second-order valence-corrected chi connectivity index (χ2v) is 5.26. The minimum Gasteiger partial charge on any atom is -0.337 e. The highest BCUT2D eigenvalue weighted by Crippen LogP contribution is 2.24. The van der Waals surface area contributed by atoms with Crippen molar-refractivity contribution in [3.63, 3.8) is 0 Å². The molecule has 3 rings (SSSR count). The number of benzene rings is 1. The summed E-state index contributed by atoms with van der Waals surface area (Å²) >= 11 is 0. The van der Waals surface area contributed by atoms with Gasteiger partial charge in [-0.1, -0.05) is 36.4 Å². The van der Waals surface area contributed by atoms with E-state index in [1.807, 2.05) is 44.2 Å². The molecule has 0 aliphatic heterocycles. The van der Waals surface area contributed by atoms with Crippen molar-refractivity contribution < 1.29 is 0 Å². The van der Waals surface area contributed by atoms with Gasteiger partial charge in [0.2, 0.25) is 0 Å². The molecule has 0 aliphatic rings. The van der Waals surface area contributed by atoms with Gasteiger partial charge < -0.3 is 4.98 Å². The number of para-hydroxylation sites is 1. The number of hydrogen-bond donors (Lipinski definition) is 2. The molecule has 0 spiro atoms. The maximum atomic E-state index is 4.43. The maximum absolute atomic E-state index is 4.43. The molecule has 23 heavy (non-hydrogen) atoms. The normalized spacial score (nSPS) is 12.9. The van der Waals surface area contributed by atoms with Crippen LogP contribution in [0.5, 0.6) is 0 Å². The minimum absolute atomic E-state index is 0.358. The Balaban J connectivity index is 1.87. The highest BCUT2D eigenvalue weighted by molar-refractivity contribution is 6.04. The number of anilines is 1. The molecule has 0 amide bonds. The van der Waals surface area contributed by atoms with Gasteiger partial charge >= 0.3 is 0 Å². The Labute approximate surface area is 134 Å². The first-order chi connectivity index (χ1) is 11.2. The number of rotatable bonds is 4. The number of nitrogens with one attached hydrogen (secondary N) is 2. The van der Waals surface area contributed by atoms with Gasteiger partial charge in [-0.3, -0.25) is 0 Å². The van der Waals surface area contributed by atoms with Crippen LogP contribution >= 0.6 is 0 Å². The molecular weight excluding hydrogens is 288 g/mol. The van der Waals surface area contributed by atoms with Crippen molar-refractivity contribution in [2.24, 2.45) is 5.10 Å². The van der Waals surface area contributed by atoms with E-state index in [2.05, 4.69) is 43.7 Å². The number of aromatic amines is 1. The summed E-state index contributed by atoms with van der Waals surface area (Å²) in [4.78, 5) is 7.71. The summed E-state index contributed by atoms with van der Waals surface area (Å²) in [6, 6.07) is 6.07. The van der Waals surface area contributed by atoms with Crippen molar-refractivity contribution >= 4 is 34.2 Å². The van der Waals surface area contributed by atoms with E-state index in [0.717, 1.165) is 27.6 Å². The molecular formula is C17H18N6. The predicted molar refractivity (Wildman–Crippen MR) is 94.6 cm³/mol. The minimum atomic E-state index is 0.358. The summed E-state index contributed by atoms with van der Waals surface area (Å²) in [6.07, 6.45) is 7.60. The smallest absolute Gasteiger partial charge is 0.265 e. The third kappa shape index (κ3) is 3.11. The van der Waals surface area contributed by atoms with Crippen molar-refractivity contribution in [1.29, 1.82) is 0 Å². The lowest BCUT2D eigenvalue weighted by Crippen LogP contribution is -1.98. The Bertz CT molecular complexity index is 933. The molecule has 0 aliphatic carbocycles. The predicted octanol–water partition coefficient (Wildman–Crippen LogP) is 3.73.